The van der Waals surface area contributed by atoms with Crippen molar-refractivity contribution in [2.75, 3.05) is 19.0 Å². The molecular weight excluding hydrogens is 408 g/mol. The van der Waals surface area contributed by atoms with Gasteiger partial charge in [0.2, 0.25) is 5.91 Å². The number of rotatable bonds is 8. The van der Waals surface area contributed by atoms with Gasteiger partial charge in [-0.2, -0.15) is 0 Å². The van der Waals surface area contributed by atoms with Crippen LogP contribution in [-0.2, 0) is 20.9 Å². The summed E-state index contributed by atoms with van der Waals surface area (Å²) in [6.07, 6.45) is -0.718. The number of carbonyl (C=O) groups excluding carboxylic acids is 2. The van der Waals surface area contributed by atoms with Crippen LogP contribution in [0, 0.1) is 0 Å². The van der Waals surface area contributed by atoms with E-state index in [4.69, 9.17) is 25.8 Å². The van der Waals surface area contributed by atoms with Crippen molar-refractivity contribution in [1.29, 1.82) is 0 Å². The van der Waals surface area contributed by atoms with Crippen LogP contribution in [0.25, 0.3) is 0 Å². The molecule has 0 spiro atoms. The summed E-state index contributed by atoms with van der Waals surface area (Å²) in [5.74, 6) is -0.0524. The Morgan fingerprint density at radius 1 is 1.10 bits per heavy atom. The van der Waals surface area contributed by atoms with E-state index in [0.717, 1.165) is 5.56 Å². The molecule has 0 aliphatic rings. The van der Waals surface area contributed by atoms with Gasteiger partial charge in [0, 0.05) is 5.02 Å². The molecule has 2 amide bonds. The number of anilines is 1. The minimum atomic E-state index is -0.993. The van der Waals surface area contributed by atoms with Crippen molar-refractivity contribution in [3.05, 3.63) is 59.1 Å². The van der Waals surface area contributed by atoms with Crippen LogP contribution in [0.4, 0.5) is 10.5 Å². The maximum absolute atomic E-state index is 12.9. The highest BCUT2D eigenvalue weighted by Gasteiger charge is 2.25. The first-order chi connectivity index (χ1) is 14.2. The lowest BCUT2D eigenvalue weighted by molar-refractivity contribution is -0.119. The number of carbonyl (C=O) groups is 2. The lowest BCUT2D eigenvalue weighted by Gasteiger charge is -2.23. The van der Waals surface area contributed by atoms with Crippen LogP contribution in [-0.4, -0.2) is 37.4 Å². The van der Waals surface area contributed by atoms with Gasteiger partial charge >= 0.3 is 6.09 Å². The number of amides is 2. The second kappa shape index (κ2) is 10.8. The van der Waals surface area contributed by atoms with Crippen molar-refractivity contribution >= 4 is 29.3 Å². The van der Waals surface area contributed by atoms with E-state index in [2.05, 4.69) is 10.6 Å². The zero-order valence-corrected chi connectivity index (χ0v) is 18.3. The predicted octanol–water partition coefficient (Wildman–Crippen LogP) is 4.40. The van der Waals surface area contributed by atoms with Crippen LogP contribution in [0.1, 0.15) is 26.3 Å². The second-order valence-corrected chi connectivity index (χ2v) is 7.97. The predicted molar refractivity (Wildman–Crippen MR) is 116 cm³/mol. The molecule has 2 aromatic rings. The number of benzene rings is 2. The quantitative estimate of drug-likeness (QED) is 0.643. The summed E-state index contributed by atoms with van der Waals surface area (Å²) >= 11 is 6.02. The molecule has 2 N–H and O–H groups in total. The fourth-order valence-corrected chi connectivity index (χ4v) is 2.67. The Balaban J connectivity index is 2.09. The van der Waals surface area contributed by atoms with Gasteiger partial charge in [-0.1, -0.05) is 41.9 Å². The highest BCUT2D eigenvalue weighted by atomic mass is 35.5. The van der Waals surface area contributed by atoms with E-state index in [1.54, 1.807) is 39.0 Å². The van der Waals surface area contributed by atoms with Crippen molar-refractivity contribution < 1.29 is 23.8 Å². The Morgan fingerprint density at radius 3 is 2.43 bits per heavy atom. The molecule has 1 atom stereocenters. The largest absolute Gasteiger partial charge is 0.495 e. The van der Waals surface area contributed by atoms with Gasteiger partial charge in [0.15, 0.2) is 0 Å². The summed E-state index contributed by atoms with van der Waals surface area (Å²) in [4.78, 5) is 25.1. The third kappa shape index (κ3) is 7.93. The van der Waals surface area contributed by atoms with Crippen LogP contribution in [0.3, 0.4) is 0 Å². The van der Waals surface area contributed by atoms with E-state index in [-0.39, 0.29) is 6.61 Å². The minimum Gasteiger partial charge on any atom is -0.495 e. The van der Waals surface area contributed by atoms with Gasteiger partial charge in [0.1, 0.15) is 17.4 Å². The molecule has 0 radical (unpaired) electrons. The molecule has 0 saturated carbocycles. The lowest BCUT2D eigenvalue weighted by Crippen LogP contribution is -2.48. The fraction of sp³-hybridized carbons (Fsp3) is 0.364. The van der Waals surface area contributed by atoms with Crippen LogP contribution in [0.2, 0.25) is 5.02 Å². The first-order valence-corrected chi connectivity index (χ1v) is 9.81. The number of alkyl carbamates (subject to hydrolysis) is 1. The molecule has 0 fully saturated rings. The summed E-state index contributed by atoms with van der Waals surface area (Å²) in [6.45, 7) is 5.46. The molecule has 2 rings (SSSR count). The molecule has 0 aromatic heterocycles. The smallest absolute Gasteiger partial charge is 0.408 e. The van der Waals surface area contributed by atoms with Gasteiger partial charge in [-0.05, 0) is 44.5 Å². The Morgan fingerprint density at radius 2 is 1.80 bits per heavy atom. The van der Waals surface area contributed by atoms with Crippen LogP contribution in [0.5, 0.6) is 5.75 Å². The van der Waals surface area contributed by atoms with Gasteiger partial charge < -0.3 is 24.8 Å². The van der Waals surface area contributed by atoms with Crippen molar-refractivity contribution in [1.82, 2.24) is 5.32 Å². The number of nitrogens with one attached hydrogen (secondary N) is 2. The first-order valence-electron chi connectivity index (χ1n) is 9.43. The topological polar surface area (TPSA) is 85.9 Å². The molecule has 0 saturated heterocycles. The molecule has 7 nitrogen and oxygen atoms in total. The summed E-state index contributed by atoms with van der Waals surface area (Å²) in [5, 5.41) is 5.71. The Labute approximate surface area is 181 Å². The van der Waals surface area contributed by atoms with Crippen LogP contribution in [0.15, 0.2) is 48.5 Å². The summed E-state index contributed by atoms with van der Waals surface area (Å²) in [6, 6.07) is 13.4. The Kier molecular flexibility index (Phi) is 8.50. The highest BCUT2D eigenvalue weighted by molar-refractivity contribution is 6.31. The van der Waals surface area contributed by atoms with Crippen LogP contribution >= 0.6 is 11.6 Å². The number of halogens is 1. The SMILES string of the molecule is COc1ccc(Cl)cc1NC(=O)C(COCc1ccccc1)NC(=O)OC(C)(C)C. The zero-order chi connectivity index (χ0) is 22.1. The lowest BCUT2D eigenvalue weighted by atomic mass is 10.2. The normalized spacial score (nSPS) is 12.0. The molecule has 162 valence electrons. The average Bonchev–Trinajstić information content (AvgIpc) is 2.67. The molecule has 0 aliphatic carbocycles. The second-order valence-electron chi connectivity index (χ2n) is 7.53. The van der Waals surface area contributed by atoms with E-state index in [1.165, 1.54) is 7.11 Å². The molecule has 30 heavy (non-hydrogen) atoms. The number of ether oxygens (including phenoxy) is 3. The standard InChI is InChI=1S/C22H27ClN2O5/c1-22(2,3)30-21(27)25-18(14-29-13-15-8-6-5-7-9-15)20(26)24-17-12-16(23)10-11-19(17)28-4/h5-12,18H,13-14H2,1-4H3,(H,24,26)(H,25,27). The van der Waals surface area contributed by atoms with Crippen LogP contribution < -0.4 is 15.4 Å². The monoisotopic (exact) mass is 434 g/mol. The summed E-state index contributed by atoms with van der Waals surface area (Å²) < 4.78 is 16.2. The number of methoxy groups -OCH3 is 1. The van der Waals surface area contributed by atoms with Gasteiger partial charge in [-0.3, -0.25) is 4.79 Å². The van der Waals surface area contributed by atoms with Crippen molar-refractivity contribution in [3.8, 4) is 5.75 Å². The Hall–Kier alpha value is -2.77. The molecule has 8 heteroatoms. The zero-order valence-electron chi connectivity index (χ0n) is 17.5. The first kappa shape index (κ1) is 23.5. The van der Waals surface area contributed by atoms with E-state index in [9.17, 15) is 9.59 Å². The van der Waals surface area contributed by atoms with E-state index in [1.807, 2.05) is 30.3 Å². The van der Waals surface area contributed by atoms with Crippen molar-refractivity contribution in [3.63, 3.8) is 0 Å². The van der Waals surface area contributed by atoms with Gasteiger partial charge in [-0.15, -0.1) is 0 Å². The molecular formula is C22H27ClN2O5. The molecule has 1 unspecified atom stereocenters. The van der Waals surface area contributed by atoms with Crippen molar-refractivity contribution in [2.45, 2.75) is 39.0 Å². The molecule has 0 aliphatic heterocycles. The maximum Gasteiger partial charge on any atom is 0.408 e. The van der Waals surface area contributed by atoms with Gasteiger partial charge in [-0.25, -0.2) is 4.79 Å². The van der Waals surface area contributed by atoms with E-state index < -0.39 is 23.6 Å². The highest BCUT2D eigenvalue weighted by Crippen LogP contribution is 2.27. The number of hydrogen-bond donors (Lipinski definition) is 2. The Bertz CT molecular complexity index is 852. The van der Waals surface area contributed by atoms with Gasteiger partial charge in [0.05, 0.1) is 26.0 Å². The third-order valence-corrected chi connectivity index (χ3v) is 4.06. The molecule has 2 aromatic carbocycles. The fourth-order valence-electron chi connectivity index (χ4n) is 2.50. The minimum absolute atomic E-state index is 0.0527. The maximum atomic E-state index is 12.9. The number of hydrogen-bond acceptors (Lipinski definition) is 5. The molecule has 0 heterocycles. The third-order valence-electron chi connectivity index (χ3n) is 3.82. The summed E-state index contributed by atoms with van der Waals surface area (Å²) in [7, 11) is 1.48. The van der Waals surface area contributed by atoms with Gasteiger partial charge in [0.25, 0.3) is 0 Å². The van der Waals surface area contributed by atoms with Crippen molar-refractivity contribution in [2.24, 2.45) is 0 Å². The van der Waals surface area contributed by atoms with E-state index >= 15 is 0 Å². The summed E-state index contributed by atoms with van der Waals surface area (Å²) in [5.41, 5.74) is 0.631. The molecule has 0 bridgehead atoms. The van der Waals surface area contributed by atoms with E-state index in [0.29, 0.717) is 23.1 Å². The average molecular weight is 435 g/mol.